The molecule has 0 fully saturated rings. The van der Waals surface area contributed by atoms with Crippen LogP contribution in [0.1, 0.15) is 11.1 Å². The molecule has 0 unspecified atom stereocenters. The molecule has 2 heteroatoms. The summed E-state index contributed by atoms with van der Waals surface area (Å²) in [5.41, 5.74) is 2.39. The molecule has 0 spiro atoms. The average molecular weight is 147 g/mol. The molecule has 0 aliphatic carbocycles. The predicted octanol–water partition coefficient (Wildman–Crippen LogP) is 1.92. The molecule has 0 radical (unpaired) electrons. The Morgan fingerprint density at radius 1 is 1.45 bits per heavy atom. The summed E-state index contributed by atoms with van der Waals surface area (Å²) in [4.78, 5) is 4.00. The highest BCUT2D eigenvalue weighted by atomic mass is 16.5. The summed E-state index contributed by atoms with van der Waals surface area (Å²) < 4.78 is 5.21. The third kappa shape index (κ3) is 1.11. The normalized spacial score (nSPS) is 13.9. The van der Waals surface area contributed by atoms with Crippen LogP contribution in [0.4, 0.5) is 0 Å². The fraction of sp³-hybridized carbons (Fsp3) is 0.222. The van der Waals surface area contributed by atoms with Gasteiger partial charge in [-0.2, -0.15) is 0 Å². The van der Waals surface area contributed by atoms with Crippen molar-refractivity contribution in [2.45, 2.75) is 13.5 Å². The maximum atomic E-state index is 5.21. The van der Waals surface area contributed by atoms with Crippen LogP contribution in [-0.4, -0.2) is 6.40 Å². The van der Waals surface area contributed by atoms with Crippen LogP contribution in [0.3, 0.4) is 0 Å². The third-order valence-electron chi connectivity index (χ3n) is 1.74. The van der Waals surface area contributed by atoms with Crippen LogP contribution in [0.2, 0.25) is 0 Å². The van der Waals surface area contributed by atoms with Gasteiger partial charge in [0, 0.05) is 5.56 Å². The van der Waals surface area contributed by atoms with Crippen LogP contribution in [0.15, 0.2) is 23.2 Å². The van der Waals surface area contributed by atoms with Gasteiger partial charge in [0.2, 0.25) is 0 Å². The van der Waals surface area contributed by atoms with Crippen molar-refractivity contribution in [3.63, 3.8) is 0 Å². The van der Waals surface area contributed by atoms with Gasteiger partial charge in [0.15, 0.2) is 6.40 Å². The Morgan fingerprint density at radius 3 is 3.27 bits per heavy atom. The molecule has 1 aliphatic rings. The second-order valence-corrected chi connectivity index (χ2v) is 2.68. The highest BCUT2D eigenvalue weighted by molar-refractivity contribution is 5.57. The topological polar surface area (TPSA) is 21.6 Å². The van der Waals surface area contributed by atoms with E-state index in [0.29, 0.717) is 0 Å². The average Bonchev–Trinajstić information content (AvgIpc) is 2.04. The van der Waals surface area contributed by atoms with Crippen molar-refractivity contribution in [2.24, 2.45) is 4.99 Å². The van der Waals surface area contributed by atoms with E-state index in [1.165, 1.54) is 12.0 Å². The number of rotatable bonds is 0. The first-order chi connectivity index (χ1) is 5.36. The molecule has 0 aromatic heterocycles. The van der Waals surface area contributed by atoms with Crippen LogP contribution in [0.25, 0.3) is 0 Å². The van der Waals surface area contributed by atoms with Crippen molar-refractivity contribution in [2.75, 3.05) is 0 Å². The Bertz CT molecular complexity index is 304. The maximum absolute atomic E-state index is 5.21. The summed E-state index contributed by atoms with van der Waals surface area (Å²) in [6.07, 6.45) is 1.50. The van der Waals surface area contributed by atoms with Gasteiger partial charge in [0.1, 0.15) is 5.75 Å². The van der Waals surface area contributed by atoms with E-state index in [1.54, 1.807) is 0 Å². The van der Waals surface area contributed by atoms with Gasteiger partial charge in [0.05, 0.1) is 6.54 Å². The van der Waals surface area contributed by atoms with E-state index >= 15 is 0 Å². The SMILES string of the molecule is Cc1ccc2c(c1)OC=NC2. The van der Waals surface area contributed by atoms with Gasteiger partial charge in [-0.05, 0) is 18.6 Å². The van der Waals surface area contributed by atoms with Gasteiger partial charge in [0.25, 0.3) is 0 Å². The summed E-state index contributed by atoms with van der Waals surface area (Å²) in [7, 11) is 0. The third-order valence-corrected chi connectivity index (χ3v) is 1.74. The highest BCUT2D eigenvalue weighted by Crippen LogP contribution is 2.22. The van der Waals surface area contributed by atoms with E-state index in [2.05, 4.69) is 24.0 Å². The van der Waals surface area contributed by atoms with E-state index in [9.17, 15) is 0 Å². The molecule has 1 aromatic carbocycles. The van der Waals surface area contributed by atoms with Gasteiger partial charge >= 0.3 is 0 Å². The molecule has 2 rings (SSSR count). The van der Waals surface area contributed by atoms with Crippen LogP contribution in [0, 0.1) is 6.92 Å². The van der Waals surface area contributed by atoms with E-state index in [1.807, 2.05) is 6.07 Å². The quantitative estimate of drug-likeness (QED) is 0.549. The zero-order chi connectivity index (χ0) is 7.68. The molecule has 0 saturated carbocycles. The number of hydrogen-bond donors (Lipinski definition) is 0. The molecule has 2 nitrogen and oxygen atoms in total. The number of nitrogens with zero attached hydrogens (tertiary/aromatic N) is 1. The lowest BCUT2D eigenvalue weighted by molar-refractivity contribution is 0.545. The number of ether oxygens (including phenoxy) is 1. The monoisotopic (exact) mass is 147 g/mol. The number of fused-ring (bicyclic) bond motifs is 1. The Hall–Kier alpha value is -1.31. The molecule has 0 saturated heterocycles. The minimum absolute atomic E-state index is 0.746. The van der Waals surface area contributed by atoms with Gasteiger partial charge in [-0.15, -0.1) is 0 Å². The zero-order valence-electron chi connectivity index (χ0n) is 6.37. The Kier molecular flexibility index (Phi) is 1.39. The largest absolute Gasteiger partial charge is 0.446 e. The standard InChI is InChI=1S/C9H9NO/c1-7-2-3-8-5-10-6-11-9(8)4-7/h2-4,6H,5H2,1H3. The van der Waals surface area contributed by atoms with Crippen molar-refractivity contribution < 1.29 is 4.74 Å². The lowest BCUT2D eigenvalue weighted by Crippen LogP contribution is -2.00. The maximum Gasteiger partial charge on any atom is 0.176 e. The molecule has 0 amide bonds. The predicted molar refractivity (Wildman–Crippen MR) is 44.0 cm³/mol. The lowest BCUT2D eigenvalue weighted by Gasteiger charge is -2.10. The first kappa shape index (κ1) is 6.40. The van der Waals surface area contributed by atoms with E-state index in [-0.39, 0.29) is 0 Å². The van der Waals surface area contributed by atoms with Gasteiger partial charge < -0.3 is 4.74 Å². The minimum Gasteiger partial charge on any atom is -0.446 e. The summed E-state index contributed by atoms with van der Waals surface area (Å²) in [6.45, 7) is 2.80. The van der Waals surface area contributed by atoms with E-state index < -0.39 is 0 Å². The van der Waals surface area contributed by atoms with Crippen molar-refractivity contribution >= 4 is 6.40 Å². The summed E-state index contributed by atoms with van der Waals surface area (Å²) in [5, 5.41) is 0. The van der Waals surface area contributed by atoms with Gasteiger partial charge in [-0.25, -0.2) is 0 Å². The second-order valence-electron chi connectivity index (χ2n) is 2.68. The first-order valence-corrected chi connectivity index (χ1v) is 3.61. The van der Waals surface area contributed by atoms with Crippen LogP contribution >= 0.6 is 0 Å². The van der Waals surface area contributed by atoms with Crippen molar-refractivity contribution in [3.05, 3.63) is 29.3 Å². The molecular formula is C9H9NO. The van der Waals surface area contributed by atoms with Crippen LogP contribution in [-0.2, 0) is 6.54 Å². The summed E-state index contributed by atoms with van der Waals surface area (Å²) in [6, 6.07) is 6.16. The van der Waals surface area contributed by atoms with Crippen molar-refractivity contribution in [1.29, 1.82) is 0 Å². The van der Waals surface area contributed by atoms with Gasteiger partial charge in [-0.3, -0.25) is 4.99 Å². The van der Waals surface area contributed by atoms with Crippen molar-refractivity contribution in [3.8, 4) is 5.75 Å². The molecule has 0 atom stereocenters. The van der Waals surface area contributed by atoms with Crippen molar-refractivity contribution in [1.82, 2.24) is 0 Å². The van der Waals surface area contributed by atoms with Gasteiger partial charge in [-0.1, -0.05) is 12.1 Å². The van der Waals surface area contributed by atoms with E-state index in [4.69, 9.17) is 4.74 Å². The molecule has 1 aliphatic heterocycles. The summed E-state index contributed by atoms with van der Waals surface area (Å²) in [5.74, 6) is 0.944. The summed E-state index contributed by atoms with van der Waals surface area (Å²) >= 11 is 0. The van der Waals surface area contributed by atoms with E-state index in [0.717, 1.165) is 17.9 Å². The lowest BCUT2D eigenvalue weighted by atomic mass is 10.1. The number of aliphatic imine (C=N–C) groups is 1. The molecule has 1 heterocycles. The highest BCUT2D eigenvalue weighted by Gasteiger charge is 2.05. The zero-order valence-corrected chi connectivity index (χ0v) is 6.37. The Morgan fingerprint density at radius 2 is 2.36 bits per heavy atom. The molecule has 11 heavy (non-hydrogen) atoms. The van der Waals surface area contributed by atoms with Crippen LogP contribution < -0.4 is 4.74 Å². The molecule has 1 aromatic rings. The number of hydrogen-bond acceptors (Lipinski definition) is 2. The Balaban J connectivity index is 2.48. The second kappa shape index (κ2) is 2.38. The molecule has 0 N–H and O–H groups in total. The molecular weight excluding hydrogens is 138 g/mol. The fourth-order valence-corrected chi connectivity index (χ4v) is 1.13. The number of benzene rings is 1. The fourth-order valence-electron chi connectivity index (χ4n) is 1.13. The smallest absolute Gasteiger partial charge is 0.176 e. The molecule has 56 valence electrons. The minimum atomic E-state index is 0.746. The number of aryl methyl sites for hydroxylation is 1. The first-order valence-electron chi connectivity index (χ1n) is 3.61. The Labute approximate surface area is 65.5 Å². The molecule has 0 bridgehead atoms. The van der Waals surface area contributed by atoms with Crippen LogP contribution in [0.5, 0.6) is 5.75 Å².